The van der Waals surface area contributed by atoms with Gasteiger partial charge in [-0.15, -0.1) is 0 Å². The standard InChI is InChI=1S/C12H20N4O/c1-9-2-5-11(17-9)7-16-12(14-8-15-16)6-13-10-3-4-10/h8-11,13H,2-7H2,1H3. The summed E-state index contributed by atoms with van der Waals surface area (Å²) in [4.78, 5) is 4.31. The molecule has 2 fully saturated rings. The number of nitrogens with one attached hydrogen (secondary N) is 1. The summed E-state index contributed by atoms with van der Waals surface area (Å²) in [5.41, 5.74) is 0. The number of hydrogen-bond donors (Lipinski definition) is 1. The van der Waals surface area contributed by atoms with Crippen LogP contribution in [0.1, 0.15) is 38.4 Å². The molecule has 1 N–H and O–H groups in total. The second kappa shape index (κ2) is 4.74. The topological polar surface area (TPSA) is 52.0 Å². The lowest BCUT2D eigenvalue weighted by Gasteiger charge is -2.12. The molecule has 1 saturated heterocycles. The maximum absolute atomic E-state index is 5.82. The summed E-state index contributed by atoms with van der Waals surface area (Å²) in [5.74, 6) is 1.03. The number of rotatable bonds is 5. The first-order valence-electron chi connectivity index (χ1n) is 6.57. The lowest BCUT2D eigenvalue weighted by atomic mass is 10.2. The molecular weight excluding hydrogens is 216 g/mol. The fraction of sp³-hybridized carbons (Fsp3) is 0.833. The minimum absolute atomic E-state index is 0.311. The van der Waals surface area contributed by atoms with Crippen molar-refractivity contribution < 1.29 is 4.74 Å². The van der Waals surface area contributed by atoms with Crippen molar-refractivity contribution in [2.24, 2.45) is 0 Å². The lowest BCUT2D eigenvalue weighted by Crippen LogP contribution is -2.23. The highest BCUT2D eigenvalue weighted by atomic mass is 16.5. The summed E-state index contributed by atoms with van der Waals surface area (Å²) in [6.45, 7) is 3.80. The molecule has 0 amide bonds. The Kier molecular flexibility index (Phi) is 3.11. The predicted octanol–water partition coefficient (Wildman–Crippen LogP) is 1.10. The second-order valence-corrected chi connectivity index (χ2v) is 5.16. The first-order chi connectivity index (χ1) is 8.31. The minimum Gasteiger partial charge on any atom is -0.373 e. The number of nitrogens with zero attached hydrogens (tertiary/aromatic N) is 3. The molecule has 17 heavy (non-hydrogen) atoms. The number of hydrogen-bond acceptors (Lipinski definition) is 4. The van der Waals surface area contributed by atoms with E-state index in [1.54, 1.807) is 6.33 Å². The molecule has 2 atom stereocenters. The zero-order chi connectivity index (χ0) is 11.7. The Morgan fingerprint density at radius 1 is 1.41 bits per heavy atom. The van der Waals surface area contributed by atoms with Crippen molar-refractivity contribution in [3.8, 4) is 0 Å². The van der Waals surface area contributed by atoms with Crippen molar-refractivity contribution >= 4 is 0 Å². The van der Waals surface area contributed by atoms with Crippen LogP contribution >= 0.6 is 0 Å². The van der Waals surface area contributed by atoms with Gasteiger partial charge in [0, 0.05) is 6.04 Å². The van der Waals surface area contributed by atoms with Gasteiger partial charge in [0.1, 0.15) is 12.2 Å². The largest absolute Gasteiger partial charge is 0.373 e. The average Bonchev–Trinajstić information content (AvgIpc) is 2.90. The third kappa shape index (κ3) is 2.84. The van der Waals surface area contributed by atoms with Gasteiger partial charge in [-0.05, 0) is 32.6 Å². The second-order valence-electron chi connectivity index (χ2n) is 5.16. The van der Waals surface area contributed by atoms with Gasteiger partial charge in [-0.3, -0.25) is 0 Å². The van der Waals surface area contributed by atoms with Crippen molar-refractivity contribution in [2.45, 2.75) is 63.9 Å². The Bertz CT molecular complexity index is 374. The maximum Gasteiger partial charge on any atom is 0.140 e. The van der Waals surface area contributed by atoms with Gasteiger partial charge in [-0.25, -0.2) is 9.67 Å². The van der Waals surface area contributed by atoms with E-state index in [-0.39, 0.29) is 0 Å². The highest BCUT2D eigenvalue weighted by molar-refractivity contribution is 4.89. The molecule has 1 aliphatic heterocycles. The summed E-state index contributed by atoms with van der Waals surface area (Å²) in [7, 11) is 0. The molecule has 1 saturated carbocycles. The van der Waals surface area contributed by atoms with E-state index in [2.05, 4.69) is 22.3 Å². The lowest BCUT2D eigenvalue weighted by molar-refractivity contribution is 0.0430. The molecule has 3 rings (SSSR count). The summed E-state index contributed by atoms with van der Waals surface area (Å²) in [6.07, 6.45) is 7.26. The molecular formula is C12H20N4O. The summed E-state index contributed by atoms with van der Waals surface area (Å²) < 4.78 is 7.80. The molecule has 2 aliphatic rings. The minimum atomic E-state index is 0.311. The molecule has 0 aromatic carbocycles. The Morgan fingerprint density at radius 3 is 3.00 bits per heavy atom. The molecule has 0 spiro atoms. The van der Waals surface area contributed by atoms with E-state index < -0.39 is 0 Å². The zero-order valence-electron chi connectivity index (χ0n) is 10.3. The van der Waals surface area contributed by atoms with E-state index in [1.165, 1.54) is 12.8 Å². The van der Waals surface area contributed by atoms with Crippen LogP contribution in [0.3, 0.4) is 0 Å². The van der Waals surface area contributed by atoms with Gasteiger partial charge in [0.25, 0.3) is 0 Å². The van der Waals surface area contributed by atoms with E-state index in [0.717, 1.165) is 31.8 Å². The molecule has 0 radical (unpaired) electrons. The van der Waals surface area contributed by atoms with Crippen molar-refractivity contribution in [3.05, 3.63) is 12.2 Å². The van der Waals surface area contributed by atoms with E-state index >= 15 is 0 Å². The van der Waals surface area contributed by atoms with Gasteiger partial charge in [0.05, 0.1) is 25.3 Å². The van der Waals surface area contributed by atoms with Gasteiger partial charge >= 0.3 is 0 Å². The van der Waals surface area contributed by atoms with Crippen LogP contribution in [0.2, 0.25) is 0 Å². The van der Waals surface area contributed by atoms with Crippen LogP contribution in [0, 0.1) is 0 Å². The fourth-order valence-corrected chi connectivity index (χ4v) is 2.31. The maximum atomic E-state index is 5.82. The fourth-order valence-electron chi connectivity index (χ4n) is 2.31. The summed E-state index contributed by atoms with van der Waals surface area (Å²) >= 11 is 0. The van der Waals surface area contributed by atoms with E-state index in [4.69, 9.17) is 4.74 Å². The van der Waals surface area contributed by atoms with Crippen LogP contribution in [0.25, 0.3) is 0 Å². The first kappa shape index (κ1) is 11.2. The highest BCUT2D eigenvalue weighted by Crippen LogP contribution is 2.21. The smallest absolute Gasteiger partial charge is 0.140 e. The summed E-state index contributed by atoms with van der Waals surface area (Å²) in [5, 5.41) is 7.76. The van der Waals surface area contributed by atoms with Crippen LogP contribution in [0.15, 0.2) is 6.33 Å². The van der Waals surface area contributed by atoms with E-state index in [9.17, 15) is 0 Å². The van der Waals surface area contributed by atoms with E-state index in [1.807, 2.05) is 4.68 Å². The molecule has 1 aliphatic carbocycles. The number of ether oxygens (including phenoxy) is 1. The van der Waals surface area contributed by atoms with Gasteiger partial charge in [-0.2, -0.15) is 5.10 Å². The Balaban J connectivity index is 1.56. The predicted molar refractivity (Wildman–Crippen MR) is 63.5 cm³/mol. The first-order valence-corrected chi connectivity index (χ1v) is 6.57. The highest BCUT2D eigenvalue weighted by Gasteiger charge is 2.24. The third-order valence-corrected chi connectivity index (χ3v) is 3.52. The van der Waals surface area contributed by atoms with Crippen LogP contribution in [-0.2, 0) is 17.8 Å². The summed E-state index contributed by atoms with van der Waals surface area (Å²) in [6, 6.07) is 0.711. The van der Waals surface area contributed by atoms with Crippen LogP contribution < -0.4 is 5.32 Å². The molecule has 2 heterocycles. The Hall–Kier alpha value is -0.940. The SMILES string of the molecule is CC1CCC(Cn2ncnc2CNC2CC2)O1. The molecule has 1 aromatic heterocycles. The molecule has 1 aromatic rings. The van der Waals surface area contributed by atoms with Crippen molar-refractivity contribution in [2.75, 3.05) is 0 Å². The molecule has 5 heteroatoms. The van der Waals surface area contributed by atoms with Gasteiger partial charge in [0.15, 0.2) is 0 Å². The van der Waals surface area contributed by atoms with Crippen molar-refractivity contribution in [1.29, 1.82) is 0 Å². The average molecular weight is 236 g/mol. The molecule has 5 nitrogen and oxygen atoms in total. The third-order valence-electron chi connectivity index (χ3n) is 3.52. The van der Waals surface area contributed by atoms with Gasteiger partial charge < -0.3 is 10.1 Å². The Morgan fingerprint density at radius 2 is 2.29 bits per heavy atom. The Labute approximate surface area is 102 Å². The molecule has 0 bridgehead atoms. The normalized spacial score (nSPS) is 28.8. The molecule has 2 unspecified atom stereocenters. The van der Waals surface area contributed by atoms with Crippen LogP contribution in [0.4, 0.5) is 0 Å². The van der Waals surface area contributed by atoms with Crippen molar-refractivity contribution in [3.63, 3.8) is 0 Å². The number of aromatic nitrogens is 3. The zero-order valence-corrected chi connectivity index (χ0v) is 10.3. The quantitative estimate of drug-likeness (QED) is 0.831. The van der Waals surface area contributed by atoms with Crippen molar-refractivity contribution in [1.82, 2.24) is 20.1 Å². The van der Waals surface area contributed by atoms with Crippen LogP contribution in [0.5, 0.6) is 0 Å². The van der Waals surface area contributed by atoms with Crippen LogP contribution in [-0.4, -0.2) is 33.0 Å². The van der Waals surface area contributed by atoms with Gasteiger partial charge in [-0.1, -0.05) is 0 Å². The van der Waals surface area contributed by atoms with E-state index in [0.29, 0.717) is 18.2 Å². The molecule has 94 valence electrons. The van der Waals surface area contributed by atoms with Gasteiger partial charge in [0.2, 0.25) is 0 Å². The monoisotopic (exact) mass is 236 g/mol.